The molecule has 7 heteroatoms. The number of aromatic nitrogens is 3. The fourth-order valence-corrected chi connectivity index (χ4v) is 4.09. The molecule has 0 spiro atoms. The summed E-state index contributed by atoms with van der Waals surface area (Å²) >= 11 is 4.82. The zero-order chi connectivity index (χ0) is 21.5. The summed E-state index contributed by atoms with van der Waals surface area (Å²) in [4.78, 5) is 12.5. The van der Waals surface area contributed by atoms with E-state index >= 15 is 0 Å². The fourth-order valence-electron chi connectivity index (χ4n) is 2.97. The highest BCUT2D eigenvalue weighted by atomic mass is 79.9. The highest BCUT2D eigenvalue weighted by molar-refractivity contribution is 9.10. The molecule has 0 aliphatic heterocycles. The van der Waals surface area contributed by atoms with E-state index in [-0.39, 0.29) is 12.4 Å². The number of carbonyl (C=O) groups excluding carboxylic acids is 1. The molecule has 0 saturated carbocycles. The maximum atomic E-state index is 12.5. The normalized spacial score (nSPS) is 10.7. The Morgan fingerprint density at radius 2 is 1.58 bits per heavy atom. The van der Waals surface area contributed by atoms with Gasteiger partial charge in [0.1, 0.15) is 12.4 Å². The van der Waals surface area contributed by atoms with Gasteiger partial charge in [-0.15, -0.1) is 10.2 Å². The van der Waals surface area contributed by atoms with Gasteiger partial charge >= 0.3 is 0 Å². The molecule has 1 aromatic heterocycles. The van der Waals surface area contributed by atoms with E-state index in [1.165, 1.54) is 11.8 Å². The van der Waals surface area contributed by atoms with Crippen molar-refractivity contribution in [2.75, 3.05) is 5.75 Å². The molecule has 0 aliphatic rings. The van der Waals surface area contributed by atoms with Gasteiger partial charge in [0.05, 0.1) is 12.3 Å². The smallest absolute Gasteiger partial charge is 0.192 e. The van der Waals surface area contributed by atoms with Crippen molar-refractivity contribution in [3.8, 4) is 5.75 Å². The van der Waals surface area contributed by atoms with Crippen LogP contribution in [-0.4, -0.2) is 26.3 Å². The summed E-state index contributed by atoms with van der Waals surface area (Å²) in [6.07, 6.45) is 0. The van der Waals surface area contributed by atoms with Crippen molar-refractivity contribution in [3.05, 3.63) is 106 Å². The molecule has 3 aromatic carbocycles. The molecule has 4 aromatic rings. The maximum Gasteiger partial charge on any atom is 0.192 e. The number of thioether (sulfide) groups is 1. The molecule has 156 valence electrons. The van der Waals surface area contributed by atoms with Gasteiger partial charge in [-0.05, 0) is 29.8 Å². The Bertz CT molecular complexity index is 1130. The number of nitrogens with zero attached hydrogens (tertiary/aromatic N) is 3. The molecular formula is C24H20BrN3O2S. The lowest BCUT2D eigenvalue weighted by atomic mass is 10.2. The second kappa shape index (κ2) is 10.4. The van der Waals surface area contributed by atoms with Gasteiger partial charge in [0, 0.05) is 10.0 Å². The van der Waals surface area contributed by atoms with Gasteiger partial charge in [-0.3, -0.25) is 9.36 Å². The quantitative estimate of drug-likeness (QED) is 0.223. The van der Waals surface area contributed by atoms with Gasteiger partial charge in [-0.25, -0.2) is 0 Å². The van der Waals surface area contributed by atoms with E-state index in [0.717, 1.165) is 15.8 Å². The molecule has 31 heavy (non-hydrogen) atoms. The summed E-state index contributed by atoms with van der Waals surface area (Å²) in [6.45, 7) is 0.892. The first-order chi connectivity index (χ1) is 15.2. The number of ether oxygens (including phenoxy) is 1. The Morgan fingerprint density at radius 1 is 0.903 bits per heavy atom. The van der Waals surface area contributed by atoms with Crippen LogP contribution < -0.4 is 4.74 Å². The van der Waals surface area contributed by atoms with Gasteiger partial charge in [-0.2, -0.15) is 0 Å². The highest BCUT2D eigenvalue weighted by Crippen LogP contribution is 2.22. The van der Waals surface area contributed by atoms with Gasteiger partial charge in [0.2, 0.25) is 0 Å². The molecule has 0 bridgehead atoms. The molecule has 0 fully saturated rings. The summed E-state index contributed by atoms with van der Waals surface area (Å²) < 4.78 is 8.92. The fraction of sp³-hybridized carbons (Fsp3) is 0.125. The van der Waals surface area contributed by atoms with Crippen LogP contribution in [-0.2, 0) is 13.2 Å². The predicted molar refractivity (Wildman–Crippen MR) is 126 cm³/mol. The number of hydrogen-bond acceptors (Lipinski definition) is 5. The maximum absolute atomic E-state index is 12.5. The lowest BCUT2D eigenvalue weighted by Crippen LogP contribution is -2.10. The van der Waals surface area contributed by atoms with Crippen LogP contribution in [0.3, 0.4) is 0 Å². The summed E-state index contributed by atoms with van der Waals surface area (Å²) in [5.74, 6) is 1.82. The average Bonchev–Trinajstić information content (AvgIpc) is 3.19. The van der Waals surface area contributed by atoms with Crippen LogP contribution in [0.15, 0.2) is 94.6 Å². The molecular weight excluding hydrogens is 474 g/mol. The Labute approximate surface area is 193 Å². The highest BCUT2D eigenvalue weighted by Gasteiger charge is 2.16. The Morgan fingerprint density at radius 3 is 2.29 bits per heavy atom. The molecule has 0 saturated heterocycles. The molecule has 0 amide bonds. The third kappa shape index (κ3) is 5.83. The molecule has 4 rings (SSSR count). The molecule has 0 radical (unpaired) electrons. The third-order valence-corrected chi connectivity index (χ3v) is 6.08. The van der Waals surface area contributed by atoms with E-state index in [0.29, 0.717) is 28.8 Å². The van der Waals surface area contributed by atoms with E-state index in [4.69, 9.17) is 4.74 Å². The first-order valence-electron chi connectivity index (χ1n) is 9.74. The van der Waals surface area contributed by atoms with Gasteiger partial charge in [-0.1, -0.05) is 88.4 Å². The minimum Gasteiger partial charge on any atom is -0.486 e. The van der Waals surface area contributed by atoms with Crippen LogP contribution in [0.2, 0.25) is 0 Å². The molecule has 0 unspecified atom stereocenters. The van der Waals surface area contributed by atoms with Crippen molar-refractivity contribution in [3.63, 3.8) is 0 Å². The Hall–Kier alpha value is -2.90. The molecule has 5 nitrogen and oxygen atoms in total. The van der Waals surface area contributed by atoms with Crippen LogP contribution in [0, 0.1) is 0 Å². The first kappa shape index (κ1) is 21.3. The number of carbonyl (C=O) groups is 1. The predicted octanol–water partition coefficient (Wildman–Crippen LogP) is 5.64. The first-order valence-corrected chi connectivity index (χ1v) is 11.5. The van der Waals surface area contributed by atoms with Crippen LogP contribution in [0.5, 0.6) is 5.75 Å². The molecule has 0 atom stereocenters. The summed E-state index contributed by atoms with van der Waals surface area (Å²) in [5.41, 5.74) is 1.83. The van der Waals surface area contributed by atoms with Crippen LogP contribution in [0.25, 0.3) is 0 Å². The molecule has 0 N–H and O–H groups in total. The van der Waals surface area contributed by atoms with E-state index in [1.54, 1.807) is 0 Å². The second-order valence-electron chi connectivity index (χ2n) is 6.79. The molecule has 1 heterocycles. The van der Waals surface area contributed by atoms with Crippen molar-refractivity contribution < 1.29 is 9.53 Å². The number of halogens is 1. The number of Topliss-reactive ketones (excluding diaryl/α,β-unsaturated/α-hetero) is 1. The topological polar surface area (TPSA) is 57.0 Å². The lowest BCUT2D eigenvalue weighted by molar-refractivity contribution is 0.102. The summed E-state index contributed by atoms with van der Waals surface area (Å²) in [5, 5.41) is 9.38. The van der Waals surface area contributed by atoms with Gasteiger partial charge < -0.3 is 4.74 Å². The van der Waals surface area contributed by atoms with Crippen LogP contribution in [0.4, 0.5) is 0 Å². The second-order valence-corrected chi connectivity index (χ2v) is 8.65. The van der Waals surface area contributed by atoms with E-state index in [9.17, 15) is 4.79 Å². The van der Waals surface area contributed by atoms with E-state index < -0.39 is 0 Å². The van der Waals surface area contributed by atoms with Crippen molar-refractivity contribution in [2.45, 2.75) is 18.3 Å². The minimum atomic E-state index is 0.0625. The SMILES string of the molecule is O=C(CSc1nnc(COc2ccc(Br)cc2)n1Cc1ccccc1)c1ccccc1. The van der Waals surface area contributed by atoms with Crippen molar-refractivity contribution in [1.29, 1.82) is 0 Å². The zero-order valence-electron chi connectivity index (χ0n) is 16.6. The van der Waals surface area contributed by atoms with Crippen LogP contribution >= 0.6 is 27.7 Å². The standard InChI is InChI=1S/C24H20BrN3O2S/c25-20-11-13-21(14-12-20)30-16-23-26-27-24(28(23)15-18-7-3-1-4-8-18)31-17-22(29)19-9-5-2-6-10-19/h1-14H,15-17H2. The van der Waals surface area contributed by atoms with Crippen molar-refractivity contribution in [2.24, 2.45) is 0 Å². The third-order valence-electron chi connectivity index (χ3n) is 4.59. The Kier molecular flexibility index (Phi) is 7.17. The summed E-state index contributed by atoms with van der Waals surface area (Å²) in [7, 11) is 0. The van der Waals surface area contributed by atoms with E-state index in [2.05, 4.69) is 38.3 Å². The van der Waals surface area contributed by atoms with E-state index in [1.807, 2.05) is 77.4 Å². The summed E-state index contributed by atoms with van der Waals surface area (Å²) in [6, 6.07) is 27.1. The minimum absolute atomic E-state index is 0.0625. The van der Waals surface area contributed by atoms with Crippen LogP contribution in [0.1, 0.15) is 21.7 Å². The average molecular weight is 494 g/mol. The Balaban J connectivity index is 1.51. The number of rotatable bonds is 9. The zero-order valence-corrected chi connectivity index (χ0v) is 19.1. The number of ketones is 1. The van der Waals surface area contributed by atoms with Gasteiger partial charge in [0.15, 0.2) is 16.8 Å². The monoisotopic (exact) mass is 493 g/mol. The number of hydrogen-bond donors (Lipinski definition) is 0. The lowest BCUT2D eigenvalue weighted by Gasteiger charge is -2.11. The molecule has 0 aliphatic carbocycles. The number of benzene rings is 3. The largest absolute Gasteiger partial charge is 0.486 e. The van der Waals surface area contributed by atoms with Crippen molar-refractivity contribution in [1.82, 2.24) is 14.8 Å². The van der Waals surface area contributed by atoms with Crippen molar-refractivity contribution >= 4 is 33.5 Å². The van der Waals surface area contributed by atoms with Gasteiger partial charge in [0.25, 0.3) is 0 Å².